The van der Waals surface area contributed by atoms with Crippen LogP contribution < -0.4 is 10.2 Å². The molecule has 4 rings (SSSR count). The largest absolute Gasteiger partial charge is 0.415 e. The lowest BCUT2D eigenvalue weighted by Crippen LogP contribution is -2.55. The summed E-state index contributed by atoms with van der Waals surface area (Å²) >= 11 is 5.52. The highest BCUT2D eigenvalue weighted by Crippen LogP contribution is 2.48. The summed E-state index contributed by atoms with van der Waals surface area (Å²) in [6.07, 6.45) is -2.89. The molecule has 1 aromatic rings. The van der Waals surface area contributed by atoms with E-state index in [0.29, 0.717) is 25.8 Å². The molecule has 2 aliphatic heterocycles. The Morgan fingerprint density at radius 2 is 2.09 bits per heavy atom. The van der Waals surface area contributed by atoms with Crippen LogP contribution in [0.3, 0.4) is 0 Å². The van der Waals surface area contributed by atoms with E-state index in [-0.39, 0.29) is 16.4 Å². The number of amides is 2. The summed E-state index contributed by atoms with van der Waals surface area (Å²) in [6, 6.07) is 4.13. The third-order valence-corrected chi connectivity index (χ3v) is 6.65. The summed E-state index contributed by atoms with van der Waals surface area (Å²) in [6.45, 7) is 2.01. The van der Waals surface area contributed by atoms with Crippen molar-refractivity contribution >= 4 is 41.0 Å². The summed E-state index contributed by atoms with van der Waals surface area (Å²) in [5, 5.41) is 11.5. The van der Waals surface area contributed by atoms with Gasteiger partial charge >= 0.3 is 6.18 Å². The Bertz CT molecular complexity index is 1180. The van der Waals surface area contributed by atoms with Gasteiger partial charge in [-0.1, -0.05) is 0 Å². The molecule has 0 radical (unpaired) electrons. The molecule has 1 atom stereocenters. The quantitative estimate of drug-likeness (QED) is 0.512. The van der Waals surface area contributed by atoms with Gasteiger partial charge in [-0.3, -0.25) is 14.5 Å². The Morgan fingerprint density at radius 1 is 1.38 bits per heavy atom. The van der Waals surface area contributed by atoms with Crippen molar-refractivity contribution in [3.63, 3.8) is 0 Å². The number of benzene rings is 1. The van der Waals surface area contributed by atoms with Crippen LogP contribution in [0.1, 0.15) is 43.0 Å². The van der Waals surface area contributed by atoms with Crippen molar-refractivity contribution in [1.29, 1.82) is 5.26 Å². The van der Waals surface area contributed by atoms with Gasteiger partial charge in [0.05, 0.1) is 17.2 Å². The van der Waals surface area contributed by atoms with Gasteiger partial charge in [0, 0.05) is 24.9 Å². The fraction of sp³-hybridized carbons (Fsp3) is 0.409. The predicted octanol–water partition coefficient (Wildman–Crippen LogP) is 3.61. The average Bonchev–Trinajstić information content (AvgIpc) is 2.99. The smallest absolute Gasteiger partial charge is 0.352 e. The number of allylic oxidation sites excluding steroid dienone is 1. The van der Waals surface area contributed by atoms with Crippen LogP contribution in [0.25, 0.3) is 0 Å². The lowest BCUT2D eigenvalue weighted by molar-refractivity contribution is -0.134. The van der Waals surface area contributed by atoms with Crippen molar-refractivity contribution in [2.75, 3.05) is 11.4 Å². The maximum atomic E-state index is 14.8. The fourth-order valence-electron chi connectivity index (χ4n) is 4.48. The molecule has 1 unspecified atom stereocenters. The highest BCUT2D eigenvalue weighted by atomic mass is 32.1. The second-order valence-corrected chi connectivity index (χ2v) is 8.55. The molecule has 2 fully saturated rings. The minimum absolute atomic E-state index is 0.0757. The molecule has 12 heteroatoms. The molecule has 1 spiro atoms. The van der Waals surface area contributed by atoms with Gasteiger partial charge in [0.15, 0.2) is 5.11 Å². The molecule has 178 valence electrons. The summed E-state index contributed by atoms with van der Waals surface area (Å²) in [5.41, 5.74) is -2.97. The number of anilines is 1. The summed E-state index contributed by atoms with van der Waals surface area (Å²) in [4.78, 5) is 31.7. The van der Waals surface area contributed by atoms with Gasteiger partial charge in [0.2, 0.25) is 0 Å². The number of hydrogen-bond acceptors (Lipinski definition) is 5. The lowest BCUT2D eigenvalue weighted by Gasteiger charge is -2.43. The van der Waals surface area contributed by atoms with Crippen LogP contribution in [0, 0.1) is 17.1 Å². The molecular weight excluding hydrogens is 474 g/mol. The molecule has 0 aromatic heterocycles. The number of thiocarbonyl (C=S) groups is 1. The average molecular weight is 493 g/mol. The van der Waals surface area contributed by atoms with E-state index in [1.54, 1.807) is 6.92 Å². The zero-order chi connectivity index (χ0) is 24.8. The van der Waals surface area contributed by atoms with Crippen LogP contribution in [-0.4, -0.2) is 52.3 Å². The number of rotatable bonds is 4. The van der Waals surface area contributed by atoms with Gasteiger partial charge in [-0.05, 0) is 56.6 Å². The second kappa shape index (κ2) is 8.47. The Balaban J connectivity index is 1.70. The first kappa shape index (κ1) is 23.8. The van der Waals surface area contributed by atoms with Crippen molar-refractivity contribution in [3.05, 3.63) is 40.8 Å². The Morgan fingerprint density at radius 3 is 2.62 bits per heavy atom. The van der Waals surface area contributed by atoms with Gasteiger partial charge in [-0.15, -0.1) is 0 Å². The number of hydrogen-bond donors (Lipinski definition) is 1. The van der Waals surface area contributed by atoms with E-state index in [1.807, 2.05) is 0 Å². The molecular formula is C22H19F4N5O2S. The predicted molar refractivity (Wildman–Crippen MR) is 119 cm³/mol. The molecule has 7 nitrogen and oxygen atoms in total. The lowest BCUT2D eigenvalue weighted by atomic mass is 9.75. The zero-order valence-electron chi connectivity index (χ0n) is 17.9. The molecule has 1 N–H and O–H groups in total. The third-order valence-electron chi connectivity index (χ3n) is 6.27. The first-order valence-corrected chi connectivity index (χ1v) is 11.0. The van der Waals surface area contributed by atoms with Crippen molar-refractivity contribution in [3.8, 4) is 6.07 Å². The van der Waals surface area contributed by atoms with Crippen LogP contribution in [0.15, 0.2) is 34.5 Å². The van der Waals surface area contributed by atoms with Crippen molar-refractivity contribution in [2.45, 2.75) is 50.4 Å². The standard InChI is InChI=1S/C22H19F4N5O2S/c1-2-28-18(32)14-5-4-12(9-16(14)23)31-20(34)30(19(33)21(31)6-3-7-21)13-8-15(22(24,25)26)17(10-27)29-11-13/h4-5,9,11,13H,2-3,6-8H2,1H3,(H,28,32). The van der Waals surface area contributed by atoms with Crippen molar-refractivity contribution < 1.29 is 27.2 Å². The van der Waals surface area contributed by atoms with Crippen LogP contribution >= 0.6 is 12.2 Å². The molecule has 34 heavy (non-hydrogen) atoms. The minimum Gasteiger partial charge on any atom is -0.352 e. The number of nitriles is 1. The van der Waals surface area contributed by atoms with E-state index in [4.69, 9.17) is 17.5 Å². The molecule has 1 aliphatic carbocycles. The van der Waals surface area contributed by atoms with Crippen LogP contribution in [0.2, 0.25) is 0 Å². The number of halogens is 4. The van der Waals surface area contributed by atoms with Crippen molar-refractivity contribution in [2.24, 2.45) is 4.99 Å². The Hall–Kier alpha value is -3.33. The van der Waals surface area contributed by atoms with E-state index in [2.05, 4.69) is 10.3 Å². The first-order valence-electron chi connectivity index (χ1n) is 10.6. The fourth-order valence-corrected chi connectivity index (χ4v) is 4.98. The molecule has 1 aromatic carbocycles. The van der Waals surface area contributed by atoms with Crippen LogP contribution in [0.5, 0.6) is 0 Å². The maximum absolute atomic E-state index is 14.8. The van der Waals surface area contributed by atoms with Gasteiger partial charge in [0.1, 0.15) is 23.1 Å². The van der Waals surface area contributed by atoms with Gasteiger partial charge in [-0.25, -0.2) is 9.38 Å². The number of nitrogens with one attached hydrogen (secondary N) is 1. The minimum atomic E-state index is -4.79. The van der Waals surface area contributed by atoms with Crippen molar-refractivity contribution in [1.82, 2.24) is 10.2 Å². The third kappa shape index (κ3) is 3.64. The van der Waals surface area contributed by atoms with Crippen LogP contribution in [-0.2, 0) is 4.79 Å². The van der Waals surface area contributed by atoms with Gasteiger partial charge in [-0.2, -0.15) is 18.4 Å². The molecule has 0 bridgehead atoms. The van der Waals surface area contributed by atoms with Gasteiger partial charge < -0.3 is 10.2 Å². The zero-order valence-corrected chi connectivity index (χ0v) is 18.8. The number of aliphatic imine (C=N–C) groups is 1. The second-order valence-electron chi connectivity index (χ2n) is 8.19. The highest BCUT2D eigenvalue weighted by molar-refractivity contribution is 7.80. The number of carbonyl (C=O) groups is 2. The molecule has 1 saturated carbocycles. The SMILES string of the molecule is CCNC(=O)c1ccc(N2C(=S)N(C3C=NC(C#N)=C(C(F)(F)F)C3)C(=O)C23CCC3)cc1F. The topological polar surface area (TPSA) is 88.8 Å². The summed E-state index contributed by atoms with van der Waals surface area (Å²) < 4.78 is 55.3. The highest BCUT2D eigenvalue weighted by Gasteiger charge is 2.61. The van der Waals surface area contributed by atoms with Crippen LogP contribution in [0.4, 0.5) is 23.2 Å². The molecule has 2 amide bonds. The molecule has 3 aliphatic rings. The molecule has 2 heterocycles. The van der Waals surface area contributed by atoms with Gasteiger partial charge in [0.25, 0.3) is 11.8 Å². The van der Waals surface area contributed by atoms with E-state index in [9.17, 15) is 27.2 Å². The summed E-state index contributed by atoms with van der Waals surface area (Å²) in [7, 11) is 0. The Kier molecular flexibility index (Phi) is 5.93. The van der Waals surface area contributed by atoms with E-state index >= 15 is 0 Å². The normalized spacial score (nSPS) is 21.7. The number of carbonyl (C=O) groups excluding carboxylic acids is 2. The first-order chi connectivity index (χ1) is 16.0. The van der Waals surface area contributed by atoms with E-state index in [1.165, 1.54) is 23.1 Å². The maximum Gasteiger partial charge on any atom is 0.415 e. The number of alkyl halides is 3. The summed E-state index contributed by atoms with van der Waals surface area (Å²) in [5.74, 6) is -1.90. The monoisotopic (exact) mass is 493 g/mol. The van der Waals surface area contributed by atoms with E-state index in [0.717, 1.165) is 17.2 Å². The Labute approximate surface area is 197 Å². The van der Waals surface area contributed by atoms with E-state index < -0.39 is 53.1 Å². The molecule has 1 saturated heterocycles. The number of nitrogens with zero attached hydrogens (tertiary/aromatic N) is 4.